The number of hydrogen-bond acceptors (Lipinski definition) is 17. The number of aryl methyl sites for hydroxylation is 1. The Kier molecular flexibility index (Phi) is 34.1. The van der Waals surface area contributed by atoms with Gasteiger partial charge in [0, 0.05) is 76.3 Å². The number of rotatable bonds is 42. The lowest BCUT2D eigenvalue weighted by Crippen LogP contribution is -2.51. The highest BCUT2D eigenvalue weighted by atomic mass is 32.2. The molecule has 1 aromatic carbocycles. The molecule has 2 heterocycles. The molecule has 0 saturated carbocycles. The summed E-state index contributed by atoms with van der Waals surface area (Å²) >= 11 is 2.54. The molecule has 1 aliphatic heterocycles. The highest BCUT2D eigenvalue weighted by molar-refractivity contribution is 7.99. The maximum atomic E-state index is 14.8. The molecule has 5 N–H and O–H groups in total. The maximum Gasteiger partial charge on any atom is 0.293 e. The molecule has 21 nitrogen and oxygen atoms in total. The van der Waals surface area contributed by atoms with Crippen molar-refractivity contribution in [1.82, 2.24) is 41.4 Å². The smallest absolute Gasteiger partial charge is 0.293 e. The first-order valence-corrected chi connectivity index (χ1v) is 31.6. The summed E-state index contributed by atoms with van der Waals surface area (Å²) in [5, 5.41) is 16.1. The Morgan fingerprint density at radius 1 is 0.892 bits per heavy atom. The summed E-state index contributed by atoms with van der Waals surface area (Å²) in [5.41, 5.74) is 2.15. The van der Waals surface area contributed by atoms with Crippen molar-refractivity contribution in [3.05, 3.63) is 51.5 Å². The van der Waals surface area contributed by atoms with E-state index in [1.165, 1.54) is 25.8 Å². The van der Waals surface area contributed by atoms with Crippen molar-refractivity contribution in [2.24, 2.45) is 17.8 Å². The van der Waals surface area contributed by atoms with Crippen LogP contribution in [0.1, 0.15) is 151 Å². The summed E-state index contributed by atoms with van der Waals surface area (Å²) in [6.07, 6.45) is 6.50. The van der Waals surface area contributed by atoms with E-state index in [4.69, 9.17) is 23.9 Å². The standard InChI is InChI=1S/C60H96N8O13S2/c1-12-41(5)46(32-52(71)49-19-14-16-27-67(49)8)60(77)68(9)50(39(2)3)33-53(59-66-48(36-83-59)58(76)64-45(30-42(6)81-38-69)31-44-23-21-40(4)22-24-44)80-35-55(73)63-43(7)57(75)65-47(51(70)20-17-26-62-56(74)37-82-11)18-13-15-25-61-54(72)34-79-29-28-78-10/h21-24,36,38-39,41-43,45-47,49-50,53H,12-20,25-35,37H2,1-11H3,(H,61,72)(H,62,74)(H,63,73)(H,64,76)(H,65,75)/t41?,42?,43?,45-,46+,47?,49?,50-,53-/m1/s1. The highest BCUT2D eigenvalue weighted by Gasteiger charge is 2.38. The molecule has 2 aromatic rings. The SMILES string of the molecule is CCC(C)[C@H](CC(=O)C1CCCCN1C)C(=O)N(C)[C@H](C[C@@H](OCC(=O)NC(C)C(=O)NC(CCCCNC(=O)COCCOC)C(=O)CCCNC(=O)CSC)c1nc(C(=O)N[C@@H](Cc2ccc(C)cc2)CC(C)OC=O)cs1)C(C)C. The van der Waals surface area contributed by atoms with Gasteiger partial charge >= 0.3 is 0 Å². The predicted octanol–water partition coefficient (Wildman–Crippen LogP) is 5.55. The second kappa shape index (κ2) is 39.3. The summed E-state index contributed by atoms with van der Waals surface area (Å²) in [6.45, 7) is 15.0. The minimum Gasteiger partial charge on any atom is -0.465 e. The van der Waals surface area contributed by atoms with Crippen molar-refractivity contribution in [3.63, 3.8) is 0 Å². The molecule has 83 heavy (non-hydrogen) atoms. The van der Waals surface area contributed by atoms with Gasteiger partial charge < -0.3 is 50.4 Å². The molecule has 1 aliphatic rings. The Labute approximate surface area is 500 Å². The molecule has 0 aliphatic carbocycles. The van der Waals surface area contributed by atoms with Crippen LogP contribution in [0.5, 0.6) is 0 Å². The zero-order chi connectivity index (χ0) is 61.4. The van der Waals surface area contributed by atoms with Gasteiger partial charge in [-0.3, -0.25) is 48.1 Å². The van der Waals surface area contributed by atoms with Crippen LogP contribution in [0.3, 0.4) is 0 Å². The molecule has 0 bridgehead atoms. The van der Waals surface area contributed by atoms with Crippen LogP contribution in [0.4, 0.5) is 0 Å². The van der Waals surface area contributed by atoms with Gasteiger partial charge in [-0.05, 0) is 103 Å². The Bertz CT molecular complexity index is 2340. The van der Waals surface area contributed by atoms with E-state index < -0.39 is 66.6 Å². The van der Waals surface area contributed by atoms with Crippen molar-refractivity contribution >= 4 is 76.6 Å². The fraction of sp³-hybridized carbons (Fsp3) is 0.700. The van der Waals surface area contributed by atoms with Crippen LogP contribution in [-0.4, -0.2) is 184 Å². The van der Waals surface area contributed by atoms with Gasteiger partial charge in [-0.15, -0.1) is 11.3 Å². The third-order valence-corrected chi connectivity index (χ3v) is 16.6. The molecule has 23 heteroatoms. The number of piperidine rings is 1. The number of ketones is 2. The molecule has 0 radical (unpaired) electrons. The average Bonchev–Trinajstić information content (AvgIpc) is 3.97. The number of likely N-dealkylation sites (tertiary alicyclic amines) is 1. The van der Waals surface area contributed by atoms with Crippen LogP contribution in [0.25, 0.3) is 0 Å². The number of amides is 6. The van der Waals surface area contributed by atoms with E-state index in [0.717, 1.165) is 48.3 Å². The van der Waals surface area contributed by atoms with E-state index in [0.29, 0.717) is 68.9 Å². The third kappa shape index (κ3) is 26.6. The number of Topliss-reactive ketones (excluding diaryl/α,β-unsaturated/α-hetero) is 2. The average molecular weight is 1200 g/mol. The van der Waals surface area contributed by atoms with Crippen LogP contribution in [0.15, 0.2) is 29.6 Å². The third-order valence-electron chi connectivity index (χ3n) is 15.1. The van der Waals surface area contributed by atoms with Gasteiger partial charge in [0.25, 0.3) is 12.4 Å². The molecule has 1 saturated heterocycles. The fourth-order valence-corrected chi connectivity index (χ4v) is 11.2. The van der Waals surface area contributed by atoms with Gasteiger partial charge in [0.15, 0.2) is 11.6 Å². The van der Waals surface area contributed by atoms with E-state index in [1.54, 1.807) is 24.3 Å². The van der Waals surface area contributed by atoms with Gasteiger partial charge in [-0.1, -0.05) is 70.4 Å². The van der Waals surface area contributed by atoms with Crippen LogP contribution < -0.4 is 26.6 Å². The summed E-state index contributed by atoms with van der Waals surface area (Å²) in [6, 6.07) is 4.72. The number of unbranched alkanes of at least 4 members (excludes halogenated alkanes) is 1. The lowest BCUT2D eigenvalue weighted by molar-refractivity contribution is -0.143. The van der Waals surface area contributed by atoms with E-state index in [2.05, 4.69) is 31.5 Å². The number of carbonyl (C=O) groups is 9. The Morgan fingerprint density at radius 3 is 2.27 bits per heavy atom. The number of nitrogens with one attached hydrogen (secondary N) is 5. The van der Waals surface area contributed by atoms with Gasteiger partial charge in [-0.25, -0.2) is 4.98 Å². The molecule has 6 amide bonds. The second-order valence-electron chi connectivity index (χ2n) is 22.3. The van der Waals surface area contributed by atoms with Crippen LogP contribution >= 0.6 is 23.1 Å². The first-order chi connectivity index (χ1) is 39.6. The highest BCUT2D eigenvalue weighted by Crippen LogP contribution is 2.33. The first kappa shape index (κ1) is 71.9. The summed E-state index contributed by atoms with van der Waals surface area (Å²) in [4.78, 5) is 128. The monoisotopic (exact) mass is 1200 g/mol. The Hall–Kier alpha value is -5.33. The molecule has 5 unspecified atom stereocenters. The topological polar surface area (TPSA) is 270 Å². The molecular weight excluding hydrogens is 1100 g/mol. The number of thioether (sulfide) groups is 1. The number of thiazole rings is 1. The Morgan fingerprint density at radius 2 is 1.60 bits per heavy atom. The minimum absolute atomic E-state index is 0.0560. The van der Waals surface area contributed by atoms with Crippen molar-refractivity contribution in [3.8, 4) is 0 Å². The van der Waals surface area contributed by atoms with Gasteiger partial charge in [0.1, 0.15) is 42.2 Å². The predicted molar refractivity (Wildman–Crippen MR) is 322 cm³/mol. The quantitative estimate of drug-likeness (QED) is 0.0403. The van der Waals surface area contributed by atoms with Crippen LogP contribution in [-0.2, 0) is 63.7 Å². The minimum atomic E-state index is -1.12. The van der Waals surface area contributed by atoms with Gasteiger partial charge in [0.05, 0.1) is 31.1 Å². The molecule has 9 atom stereocenters. The lowest BCUT2D eigenvalue weighted by atomic mass is 9.83. The molecule has 3 rings (SSSR count). The van der Waals surface area contributed by atoms with E-state index in [-0.39, 0.29) is 98.3 Å². The number of nitrogens with zero attached hydrogens (tertiary/aromatic N) is 3. The number of carbonyl (C=O) groups excluding carboxylic acids is 9. The molecule has 1 fully saturated rings. The zero-order valence-electron chi connectivity index (χ0n) is 51.1. The molecule has 466 valence electrons. The van der Waals surface area contributed by atoms with Crippen molar-refractivity contribution in [1.29, 1.82) is 0 Å². The summed E-state index contributed by atoms with van der Waals surface area (Å²) < 4.78 is 21.8. The number of likely N-dealkylation sites (N-methyl/N-ethyl adjacent to an activating group) is 1. The van der Waals surface area contributed by atoms with E-state index >= 15 is 0 Å². The molecule has 0 spiro atoms. The zero-order valence-corrected chi connectivity index (χ0v) is 52.7. The summed E-state index contributed by atoms with van der Waals surface area (Å²) in [5.74, 6) is -3.08. The first-order valence-electron chi connectivity index (χ1n) is 29.4. The Balaban J connectivity index is 1.87. The lowest BCUT2D eigenvalue weighted by Gasteiger charge is -2.38. The van der Waals surface area contributed by atoms with E-state index in [1.807, 2.05) is 72.2 Å². The number of ether oxygens (including phenoxy) is 4. The van der Waals surface area contributed by atoms with Crippen LogP contribution in [0.2, 0.25) is 0 Å². The van der Waals surface area contributed by atoms with Crippen molar-refractivity contribution < 1.29 is 62.1 Å². The molecular formula is C60H96N8O13S2. The number of aromatic nitrogens is 1. The van der Waals surface area contributed by atoms with Gasteiger partial charge in [-0.2, -0.15) is 11.8 Å². The van der Waals surface area contributed by atoms with E-state index in [9.17, 15) is 43.2 Å². The van der Waals surface area contributed by atoms with Gasteiger partial charge in [0.2, 0.25) is 29.5 Å². The van der Waals surface area contributed by atoms with Crippen LogP contribution in [0, 0.1) is 24.7 Å². The largest absolute Gasteiger partial charge is 0.465 e. The summed E-state index contributed by atoms with van der Waals surface area (Å²) in [7, 11) is 5.23. The fourth-order valence-electron chi connectivity index (χ4n) is 10.0. The number of benzene rings is 1. The van der Waals surface area contributed by atoms with Crippen molar-refractivity contribution in [2.45, 2.75) is 174 Å². The normalized spacial score (nSPS) is 16.5. The number of methoxy groups -OCH3 is 1. The maximum absolute atomic E-state index is 14.8. The van der Waals surface area contributed by atoms with Crippen molar-refractivity contribution in [2.75, 3.05) is 79.3 Å². The number of hydrogen-bond donors (Lipinski definition) is 5. The molecule has 1 aromatic heterocycles. The second-order valence-corrected chi connectivity index (χ2v) is 24.0.